The predicted molar refractivity (Wildman–Crippen MR) is 99.6 cm³/mol. The lowest BCUT2D eigenvalue weighted by molar-refractivity contribution is -0.115. The van der Waals surface area contributed by atoms with Gasteiger partial charge >= 0.3 is 0 Å². The Kier molecular flexibility index (Phi) is 4.61. The maximum atomic E-state index is 12.3. The van der Waals surface area contributed by atoms with Crippen LogP contribution in [0.2, 0.25) is 0 Å². The number of rotatable bonds is 4. The van der Waals surface area contributed by atoms with Crippen molar-refractivity contribution in [1.29, 1.82) is 0 Å². The van der Waals surface area contributed by atoms with Gasteiger partial charge in [0.2, 0.25) is 5.91 Å². The lowest BCUT2D eigenvalue weighted by Gasteiger charge is -2.15. The molecule has 1 fully saturated rings. The summed E-state index contributed by atoms with van der Waals surface area (Å²) in [6.07, 6.45) is 3.38. The van der Waals surface area contributed by atoms with Crippen LogP contribution in [0.3, 0.4) is 0 Å². The molecule has 2 aromatic rings. The molecule has 0 bridgehead atoms. The van der Waals surface area contributed by atoms with Crippen LogP contribution in [0, 0.1) is 0 Å². The Morgan fingerprint density at radius 3 is 2.58 bits per heavy atom. The number of anilines is 1. The summed E-state index contributed by atoms with van der Waals surface area (Å²) in [6.45, 7) is 2.39. The van der Waals surface area contributed by atoms with E-state index in [1.165, 1.54) is 5.56 Å². The summed E-state index contributed by atoms with van der Waals surface area (Å²) in [5.41, 5.74) is 3.52. The smallest absolute Gasteiger partial charge is 0.253 e. The molecule has 5 heteroatoms. The fraction of sp³-hybridized carbons (Fsp3) is 0.333. The van der Waals surface area contributed by atoms with Crippen LogP contribution in [0.1, 0.15) is 34.3 Å². The molecule has 134 valence electrons. The van der Waals surface area contributed by atoms with Crippen LogP contribution in [0.5, 0.6) is 5.75 Å². The fourth-order valence-corrected chi connectivity index (χ4v) is 3.54. The number of hydrogen-bond acceptors (Lipinski definition) is 3. The van der Waals surface area contributed by atoms with E-state index in [1.807, 2.05) is 23.1 Å². The van der Waals surface area contributed by atoms with Gasteiger partial charge in [-0.05, 0) is 54.3 Å². The van der Waals surface area contributed by atoms with Crippen molar-refractivity contribution in [3.8, 4) is 5.75 Å². The molecule has 26 heavy (non-hydrogen) atoms. The SMILES string of the molecule is O=C(Cc1ccc2c(c1)CCO2)Nc1ccc(C(=O)N2CCCC2)cc1. The standard InChI is InChI=1S/C21H22N2O3/c24-20(14-15-3-8-19-17(13-15)9-12-26-19)22-18-6-4-16(5-7-18)21(25)23-10-1-2-11-23/h3-8,13H,1-2,9-12,14H2,(H,22,24). The zero-order valence-electron chi connectivity index (χ0n) is 14.7. The van der Waals surface area contributed by atoms with Crippen molar-refractivity contribution in [3.63, 3.8) is 0 Å². The number of benzene rings is 2. The van der Waals surface area contributed by atoms with Crippen LogP contribution < -0.4 is 10.1 Å². The Hall–Kier alpha value is -2.82. The fourth-order valence-electron chi connectivity index (χ4n) is 3.54. The third kappa shape index (κ3) is 3.57. The molecule has 2 aromatic carbocycles. The van der Waals surface area contributed by atoms with E-state index in [1.54, 1.807) is 24.3 Å². The molecule has 5 nitrogen and oxygen atoms in total. The number of ether oxygens (including phenoxy) is 1. The summed E-state index contributed by atoms with van der Waals surface area (Å²) >= 11 is 0. The first kappa shape index (κ1) is 16.6. The van der Waals surface area contributed by atoms with Crippen molar-refractivity contribution >= 4 is 17.5 Å². The van der Waals surface area contributed by atoms with Gasteiger partial charge in [0.15, 0.2) is 0 Å². The normalized spacial score (nSPS) is 15.5. The third-order valence-corrected chi connectivity index (χ3v) is 4.93. The van der Waals surface area contributed by atoms with Crippen LogP contribution in [-0.2, 0) is 17.6 Å². The summed E-state index contributed by atoms with van der Waals surface area (Å²) in [6, 6.07) is 13.0. The van der Waals surface area contributed by atoms with Gasteiger partial charge in [0, 0.05) is 30.8 Å². The number of nitrogens with one attached hydrogen (secondary N) is 1. The van der Waals surface area contributed by atoms with E-state index in [0.717, 1.165) is 43.7 Å². The van der Waals surface area contributed by atoms with Crippen LogP contribution >= 0.6 is 0 Å². The molecule has 0 saturated carbocycles. The molecule has 0 atom stereocenters. The van der Waals surface area contributed by atoms with E-state index in [2.05, 4.69) is 5.32 Å². The van der Waals surface area contributed by atoms with Gasteiger partial charge in [0.25, 0.3) is 5.91 Å². The van der Waals surface area contributed by atoms with Crippen LogP contribution in [0.4, 0.5) is 5.69 Å². The van der Waals surface area contributed by atoms with Crippen molar-refractivity contribution in [3.05, 3.63) is 59.2 Å². The van der Waals surface area contributed by atoms with Crippen molar-refractivity contribution in [1.82, 2.24) is 4.90 Å². The first-order valence-electron chi connectivity index (χ1n) is 9.13. The molecule has 0 aliphatic carbocycles. The zero-order chi connectivity index (χ0) is 17.9. The number of fused-ring (bicyclic) bond motifs is 1. The topological polar surface area (TPSA) is 58.6 Å². The average molecular weight is 350 g/mol. The van der Waals surface area contributed by atoms with Crippen LogP contribution in [-0.4, -0.2) is 36.4 Å². The molecule has 2 aliphatic heterocycles. The molecule has 0 radical (unpaired) electrons. The highest BCUT2D eigenvalue weighted by molar-refractivity contribution is 5.96. The summed E-state index contributed by atoms with van der Waals surface area (Å²) in [5, 5.41) is 2.90. The van der Waals surface area contributed by atoms with Gasteiger partial charge in [-0.3, -0.25) is 9.59 Å². The lowest BCUT2D eigenvalue weighted by Crippen LogP contribution is -2.27. The Morgan fingerprint density at radius 1 is 1.04 bits per heavy atom. The van der Waals surface area contributed by atoms with Crippen molar-refractivity contribution in [2.75, 3.05) is 25.0 Å². The first-order valence-corrected chi connectivity index (χ1v) is 9.13. The zero-order valence-corrected chi connectivity index (χ0v) is 14.7. The third-order valence-electron chi connectivity index (χ3n) is 4.93. The Balaban J connectivity index is 1.36. The van der Waals surface area contributed by atoms with Crippen molar-refractivity contribution < 1.29 is 14.3 Å². The predicted octanol–water partition coefficient (Wildman–Crippen LogP) is 3.04. The Morgan fingerprint density at radius 2 is 1.81 bits per heavy atom. The maximum Gasteiger partial charge on any atom is 0.253 e. The molecule has 0 spiro atoms. The van der Waals surface area contributed by atoms with Crippen molar-refractivity contribution in [2.45, 2.75) is 25.7 Å². The molecular formula is C21H22N2O3. The summed E-state index contributed by atoms with van der Waals surface area (Å²) in [5.74, 6) is 0.927. The second-order valence-corrected chi connectivity index (χ2v) is 6.84. The van der Waals surface area contributed by atoms with Crippen LogP contribution in [0.25, 0.3) is 0 Å². The van der Waals surface area contributed by atoms with E-state index in [-0.39, 0.29) is 11.8 Å². The lowest BCUT2D eigenvalue weighted by atomic mass is 10.1. The van der Waals surface area contributed by atoms with Gasteiger partial charge in [-0.15, -0.1) is 0 Å². The number of hydrogen-bond donors (Lipinski definition) is 1. The highest BCUT2D eigenvalue weighted by Gasteiger charge is 2.19. The molecule has 0 aromatic heterocycles. The van der Waals surface area contributed by atoms with Crippen molar-refractivity contribution in [2.24, 2.45) is 0 Å². The number of amides is 2. The summed E-state index contributed by atoms with van der Waals surface area (Å²) < 4.78 is 5.49. The Bertz CT molecular complexity index is 824. The highest BCUT2D eigenvalue weighted by Crippen LogP contribution is 2.26. The summed E-state index contributed by atoms with van der Waals surface area (Å²) in [7, 11) is 0. The van der Waals surface area contributed by atoms with E-state index >= 15 is 0 Å². The van der Waals surface area contributed by atoms with E-state index in [4.69, 9.17) is 4.74 Å². The quantitative estimate of drug-likeness (QED) is 0.922. The second-order valence-electron chi connectivity index (χ2n) is 6.84. The molecule has 1 N–H and O–H groups in total. The monoisotopic (exact) mass is 350 g/mol. The number of carbonyl (C=O) groups is 2. The average Bonchev–Trinajstić information content (AvgIpc) is 3.33. The van der Waals surface area contributed by atoms with Gasteiger partial charge in [-0.2, -0.15) is 0 Å². The number of nitrogens with zero attached hydrogens (tertiary/aromatic N) is 1. The molecule has 2 amide bonds. The number of carbonyl (C=O) groups excluding carboxylic acids is 2. The molecule has 2 heterocycles. The van der Waals surface area contributed by atoms with Crippen LogP contribution in [0.15, 0.2) is 42.5 Å². The van der Waals surface area contributed by atoms with Gasteiger partial charge in [0.05, 0.1) is 13.0 Å². The minimum atomic E-state index is -0.0671. The van der Waals surface area contributed by atoms with Gasteiger partial charge in [0.1, 0.15) is 5.75 Å². The molecule has 2 aliphatic rings. The van der Waals surface area contributed by atoms with E-state index in [0.29, 0.717) is 24.3 Å². The van der Waals surface area contributed by atoms with Gasteiger partial charge in [-0.25, -0.2) is 0 Å². The van der Waals surface area contributed by atoms with E-state index in [9.17, 15) is 9.59 Å². The highest BCUT2D eigenvalue weighted by atomic mass is 16.5. The molecule has 4 rings (SSSR count). The first-order chi connectivity index (χ1) is 12.7. The maximum absolute atomic E-state index is 12.3. The largest absolute Gasteiger partial charge is 0.493 e. The summed E-state index contributed by atoms with van der Waals surface area (Å²) in [4.78, 5) is 26.5. The second kappa shape index (κ2) is 7.20. The van der Waals surface area contributed by atoms with Gasteiger partial charge < -0.3 is 15.0 Å². The number of likely N-dealkylation sites (tertiary alicyclic amines) is 1. The minimum absolute atomic E-state index is 0.0671. The molecular weight excluding hydrogens is 328 g/mol. The van der Waals surface area contributed by atoms with Gasteiger partial charge in [-0.1, -0.05) is 12.1 Å². The minimum Gasteiger partial charge on any atom is -0.493 e. The molecule has 1 saturated heterocycles. The van der Waals surface area contributed by atoms with E-state index < -0.39 is 0 Å². The Labute approximate surface area is 153 Å². The molecule has 0 unspecified atom stereocenters.